The minimum Gasteiger partial charge on any atom is -0.314 e. The van der Waals surface area contributed by atoms with Crippen LogP contribution in [0.4, 0.5) is 5.69 Å². The first-order chi connectivity index (χ1) is 9.71. The number of likely N-dealkylation sites (N-methyl/N-ethyl adjacent to an activating group) is 1. The van der Waals surface area contributed by atoms with Gasteiger partial charge in [0.15, 0.2) is 0 Å². The van der Waals surface area contributed by atoms with E-state index in [2.05, 4.69) is 0 Å². The molecule has 0 bridgehead atoms. The Bertz CT molecular complexity index is 556. The largest absolute Gasteiger partial charge is 0.314 e. The molecule has 1 rings (SSSR count). The Kier molecular flexibility index (Phi) is 6.36. The molecule has 5 nitrogen and oxygen atoms in total. The summed E-state index contributed by atoms with van der Waals surface area (Å²) < 4.78 is 24.8. The Morgan fingerprint density at radius 1 is 1.19 bits per heavy atom. The first kappa shape index (κ1) is 17.7. The molecule has 0 saturated carbocycles. The van der Waals surface area contributed by atoms with Gasteiger partial charge in [-0.2, -0.15) is 4.31 Å². The highest BCUT2D eigenvalue weighted by atomic mass is 32.2. The van der Waals surface area contributed by atoms with Crippen LogP contribution in [-0.2, 0) is 14.8 Å². The van der Waals surface area contributed by atoms with E-state index in [1.54, 1.807) is 7.05 Å². The SMILES string of the molecule is CC(C)CCN(CC(=O)N(C)c1ccccc1)S(C)(=O)=O. The minimum absolute atomic E-state index is 0.128. The summed E-state index contributed by atoms with van der Waals surface area (Å²) in [6.07, 6.45) is 1.87. The van der Waals surface area contributed by atoms with Crippen LogP contribution in [0.1, 0.15) is 20.3 Å². The second kappa shape index (κ2) is 7.56. The molecule has 0 saturated heterocycles. The molecule has 6 heteroatoms. The number of carbonyl (C=O) groups is 1. The summed E-state index contributed by atoms with van der Waals surface area (Å²) in [5, 5.41) is 0. The van der Waals surface area contributed by atoms with Crippen LogP contribution in [0.3, 0.4) is 0 Å². The van der Waals surface area contributed by atoms with Crippen molar-refractivity contribution in [2.24, 2.45) is 5.92 Å². The summed E-state index contributed by atoms with van der Waals surface area (Å²) in [4.78, 5) is 13.7. The van der Waals surface area contributed by atoms with Crippen molar-refractivity contribution < 1.29 is 13.2 Å². The van der Waals surface area contributed by atoms with E-state index in [-0.39, 0.29) is 12.5 Å². The van der Waals surface area contributed by atoms with E-state index in [1.165, 1.54) is 9.21 Å². The Morgan fingerprint density at radius 2 is 1.76 bits per heavy atom. The third kappa shape index (κ3) is 5.85. The van der Waals surface area contributed by atoms with Gasteiger partial charge in [-0.05, 0) is 24.5 Å². The first-order valence-corrected chi connectivity index (χ1v) is 8.83. The van der Waals surface area contributed by atoms with Crippen molar-refractivity contribution in [3.8, 4) is 0 Å². The van der Waals surface area contributed by atoms with Gasteiger partial charge < -0.3 is 4.90 Å². The number of hydrogen-bond acceptors (Lipinski definition) is 3. The number of sulfonamides is 1. The normalized spacial score (nSPS) is 11.9. The molecular weight excluding hydrogens is 288 g/mol. The van der Waals surface area contributed by atoms with Crippen molar-refractivity contribution >= 4 is 21.6 Å². The third-order valence-electron chi connectivity index (χ3n) is 3.25. The van der Waals surface area contributed by atoms with Crippen molar-refractivity contribution in [3.63, 3.8) is 0 Å². The molecule has 1 aromatic carbocycles. The van der Waals surface area contributed by atoms with Crippen LogP contribution < -0.4 is 4.90 Å². The molecule has 0 atom stereocenters. The number of anilines is 1. The number of para-hydroxylation sites is 1. The number of amides is 1. The molecular formula is C15H24N2O3S. The van der Waals surface area contributed by atoms with E-state index in [9.17, 15) is 13.2 Å². The number of nitrogens with zero attached hydrogens (tertiary/aromatic N) is 2. The molecule has 0 aliphatic heterocycles. The van der Waals surface area contributed by atoms with Gasteiger partial charge in [0, 0.05) is 19.3 Å². The zero-order valence-corrected chi connectivity index (χ0v) is 13.9. The Hall–Kier alpha value is -1.40. The standard InChI is InChI=1S/C15H24N2O3S/c1-13(2)10-11-17(21(4,19)20)12-15(18)16(3)14-8-6-5-7-9-14/h5-9,13H,10-12H2,1-4H3. The number of carbonyl (C=O) groups excluding carboxylic acids is 1. The molecule has 0 spiro atoms. The lowest BCUT2D eigenvalue weighted by Gasteiger charge is -2.24. The van der Waals surface area contributed by atoms with Crippen LogP contribution in [0.15, 0.2) is 30.3 Å². The molecule has 1 amide bonds. The van der Waals surface area contributed by atoms with Gasteiger partial charge in [-0.25, -0.2) is 8.42 Å². The molecule has 0 heterocycles. The lowest BCUT2D eigenvalue weighted by atomic mass is 10.1. The maximum absolute atomic E-state index is 12.3. The smallest absolute Gasteiger partial charge is 0.242 e. The van der Waals surface area contributed by atoms with Crippen LogP contribution in [0.5, 0.6) is 0 Å². The fourth-order valence-corrected chi connectivity index (χ4v) is 2.60. The van der Waals surface area contributed by atoms with Crippen molar-refractivity contribution in [2.45, 2.75) is 20.3 Å². The van der Waals surface area contributed by atoms with Gasteiger partial charge in [-0.15, -0.1) is 0 Å². The van der Waals surface area contributed by atoms with E-state index in [1.807, 2.05) is 44.2 Å². The predicted molar refractivity (Wildman–Crippen MR) is 85.7 cm³/mol. The van der Waals surface area contributed by atoms with Crippen LogP contribution in [0.2, 0.25) is 0 Å². The van der Waals surface area contributed by atoms with Gasteiger partial charge in [0.25, 0.3) is 0 Å². The topological polar surface area (TPSA) is 57.7 Å². The second-order valence-corrected chi connectivity index (χ2v) is 7.55. The van der Waals surface area contributed by atoms with Gasteiger partial charge in [0.05, 0.1) is 12.8 Å². The highest BCUT2D eigenvalue weighted by Gasteiger charge is 2.22. The fourth-order valence-electron chi connectivity index (χ4n) is 1.82. The molecule has 0 radical (unpaired) electrons. The van der Waals surface area contributed by atoms with Crippen LogP contribution in [0, 0.1) is 5.92 Å². The van der Waals surface area contributed by atoms with Gasteiger partial charge in [-0.1, -0.05) is 32.0 Å². The van der Waals surface area contributed by atoms with E-state index in [4.69, 9.17) is 0 Å². The van der Waals surface area contributed by atoms with E-state index < -0.39 is 10.0 Å². The Labute approximate surface area is 127 Å². The first-order valence-electron chi connectivity index (χ1n) is 6.98. The summed E-state index contributed by atoms with van der Waals surface area (Å²) in [6.45, 7) is 4.29. The predicted octanol–water partition coefficient (Wildman–Crippen LogP) is 1.96. The number of hydrogen-bond donors (Lipinski definition) is 0. The molecule has 0 unspecified atom stereocenters. The van der Waals surface area contributed by atoms with Crippen molar-refractivity contribution in [1.82, 2.24) is 4.31 Å². The summed E-state index contributed by atoms with van der Waals surface area (Å²) in [5.41, 5.74) is 0.750. The minimum atomic E-state index is -3.39. The third-order valence-corrected chi connectivity index (χ3v) is 4.50. The van der Waals surface area contributed by atoms with Gasteiger partial charge in [0.1, 0.15) is 0 Å². The van der Waals surface area contributed by atoms with Gasteiger partial charge in [0.2, 0.25) is 15.9 Å². The van der Waals surface area contributed by atoms with Gasteiger partial charge in [-0.3, -0.25) is 4.79 Å². The lowest BCUT2D eigenvalue weighted by Crippen LogP contribution is -2.41. The molecule has 0 fully saturated rings. The molecule has 0 aliphatic rings. The Morgan fingerprint density at radius 3 is 2.24 bits per heavy atom. The summed E-state index contributed by atoms with van der Waals surface area (Å²) in [5.74, 6) is 0.145. The van der Waals surface area contributed by atoms with Crippen LogP contribution in [-0.4, -0.2) is 45.0 Å². The van der Waals surface area contributed by atoms with Crippen molar-refractivity contribution in [1.29, 1.82) is 0 Å². The van der Waals surface area contributed by atoms with Crippen molar-refractivity contribution in [2.75, 3.05) is 31.3 Å². The summed E-state index contributed by atoms with van der Waals surface area (Å²) >= 11 is 0. The van der Waals surface area contributed by atoms with Crippen LogP contribution >= 0.6 is 0 Å². The van der Waals surface area contributed by atoms with Gasteiger partial charge >= 0.3 is 0 Å². The quantitative estimate of drug-likeness (QED) is 0.773. The summed E-state index contributed by atoms with van der Waals surface area (Å²) in [6, 6.07) is 9.18. The fraction of sp³-hybridized carbons (Fsp3) is 0.533. The molecule has 0 aliphatic carbocycles. The maximum Gasteiger partial charge on any atom is 0.242 e. The molecule has 118 valence electrons. The van der Waals surface area contributed by atoms with E-state index >= 15 is 0 Å². The highest BCUT2D eigenvalue weighted by molar-refractivity contribution is 7.88. The van der Waals surface area contributed by atoms with E-state index in [0.717, 1.165) is 18.4 Å². The lowest BCUT2D eigenvalue weighted by molar-refractivity contribution is -0.118. The zero-order chi connectivity index (χ0) is 16.0. The van der Waals surface area contributed by atoms with E-state index in [0.29, 0.717) is 12.5 Å². The number of benzene rings is 1. The van der Waals surface area contributed by atoms with Crippen LogP contribution in [0.25, 0.3) is 0 Å². The molecule has 0 N–H and O–H groups in total. The highest BCUT2D eigenvalue weighted by Crippen LogP contribution is 2.13. The molecule has 0 aromatic heterocycles. The molecule has 1 aromatic rings. The maximum atomic E-state index is 12.3. The average Bonchev–Trinajstić information content (AvgIpc) is 2.41. The Balaban J connectivity index is 2.76. The number of rotatable bonds is 7. The monoisotopic (exact) mass is 312 g/mol. The summed E-state index contributed by atoms with van der Waals surface area (Å²) in [7, 11) is -1.73. The van der Waals surface area contributed by atoms with Crippen molar-refractivity contribution in [3.05, 3.63) is 30.3 Å². The average molecular weight is 312 g/mol. The second-order valence-electron chi connectivity index (χ2n) is 5.57. The molecule has 21 heavy (non-hydrogen) atoms. The zero-order valence-electron chi connectivity index (χ0n) is 13.1.